The molecule has 1 aliphatic carbocycles. The second-order valence-corrected chi connectivity index (χ2v) is 5.51. The number of hydrogen-bond acceptors (Lipinski definition) is 4. The molecule has 19 heavy (non-hydrogen) atoms. The molecule has 2 rings (SSSR count). The van der Waals surface area contributed by atoms with Crippen LogP contribution in [0.5, 0.6) is 0 Å². The van der Waals surface area contributed by atoms with Crippen LogP contribution in [0.25, 0.3) is 0 Å². The average molecular weight is 265 g/mol. The summed E-state index contributed by atoms with van der Waals surface area (Å²) in [5.41, 5.74) is 0.919. The zero-order valence-corrected chi connectivity index (χ0v) is 11.9. The van der Waals surface area contributed by atoms with E-state index in [0.29, 0.717) is 6.42 Å². The lowest BCUT2D eigenvalue weighted by atomic mass is 9.64. The number of aliphatic hydroxyl groups excluding tert-OH is 1. The molecule has 0 unspecified atom stereocenters. The number of aliphatic hydroxyl groups is 1. The van der Waals surface area contributed by atoms with Crippen LogP contribution >= 0.6 is 0 Å². The zero-order valence-electron chi connectivity index (χ0n) is 11.9. The maximum Gasteiger partial charge on any atom is 0.160 e. The van der Waals surface area contributed by atoms with Crippen LogP contribution in [-0.2, 0) is 14.9 Å². The minimum Gasteiger partial charge on any atom is -0.393 e. The summed E-state index contributed by atoms with van der Waals surface area (Å²) < 4.78 is 10.9. The normalized spacial score (nSPS) is 31.6. The summed E-state index contributed by atoms with van der Waals surface area (Å²) in [6, 6.07) is 5.97. The highest BCUT2D eigenvalue weighted by atomic mass is 16.7. The first-order valence-electron chi connectivity index (χ1n) is 6.77. The van der Waals surface area contributed by atoms with Gasteiger partial charge in [-0.25, -0.2) is 0 Å². The smallest absolute Gasteiger partial charge is 0.160 e. The van der Waals surface area contributed by atoms with Crippen LogP contribution in [0.3, 0.4) is 0 Å². The summed E-state index contributed by atoms with van der Waals surface area (Å²) in [6.45, 7) is 2.19. The molecule has 0 aliphatic heterocycles. The third kappa shape index (κ3) is 2.81. The zero-order chi connectivity index (χ0) is 13.9. The van der Waals surface area contributed by atoms with E-state index in [9.17, 15) is 5.11 Å². The van der Waals surface area contributed by atoms with E-state index in [4.69, 9.17) is 9.47 Å². The van der Waals surface area contributed by atoms with Crippen LogP contribution in [-0.4, -0.2) is 36.7 Å². The topological polar surface area (TPSA) is 51.6 Å². The van der Waals surface area contributed by atoms with Crippen LogP contribution in [0.15, 0.2) is 24.4 Å². The highest BCUT2D eigenvalue weighted by molar-refractivity contribution is 5.19. The van der Waals surface area contributed by atoms with Crippen LogP contribution in [0.1, 0.15) is 31.9 Å². The van der Waals surface area contributed by atoms with E-state index >= 15 is 0 Å². The SMILES string of the molecule is COC(OC)[C@H]1C[C@@H](O)CC[C@]1(C)c1ccccn1. The number of methoxy groups -OCH3 is 2. The molecular weight excluding hydrogens is 242 g/mol. The molecule has 0 aromatic carbocycles. The van der Waals surface area contributed by atoms with Gasteiger partial charge in [0.2, 0.25) is 0 Å². The molecule has 0 spiro atoms. The first-order chi connectivity index (χ1) is 9.11. The summed E-state index contributed by atoms with van der Waals surface area (Å²) in [5, 5.41) is 9.97. The summed E-state index contributed by atoms with van der Waals surface area (Å²) in [7, 11) is 3.29. The molecule has 3 atom stereocenters. The van der Waals surface area contributed by atoms with E-state index in [1.807, 2.05) is 24.4 Å². The highest BCUT2D eigenvalue weighted by Gasteiger charge is 2.46. The number of rotatable bonds is 4. The molecule has 1 aliphatic rings. The molecule has 0 amide bonds. The Bertz CT molecular complexity index is 394. The quantitative estimate of drug-likeness (QED) is 0.847. The Morgan fingerprint density at radius 3 is 2.68 bits per heavy atom. The van der Waals surface area contributed by atoms with Crippen molar-refractivity contribution < 1.29 is 14.6 Å². The number of ether oxygens (including phenoxy) is 2. The molecule has 1 saturated carbocycles. The summed E-state index contributed by atoms with van der Waals surface area (Å²) in [5.74, 6) is 0.0983. The van der Waals surface area contributed by atoms with Crippen LogP contribution in [0, 0.1) is 5.92 Å². The van der Waals surface area contributed by atoms with E-state index in [1.54, 1.807) is 14.2 Å². The molecule has 106 valence electrons. The van der Waals surface area contributed by atoms with Gasteiger partial charge < -0.3 is 14.6 Å². The van der Waals surface area contributed by atoms with Gasteiger partial charge in [-0.3, -0.25) is 4.98 Å². The number of aromatic nitrogens is 1. The number of hydrogen-bond donors (Lipinski definition) is 1. The van der Waals surface area contributed by atoms with Gasteiger partial charge in [-0.1, -0.05) is 13.0 Å². The van der Waals surface area contributed by atoms with Gasteiger partial charge in [0.15, 0.2) is 6.29 Å². The summed E-state index contributed by atoms with van der Waals surface area (Å²) >= 11 is 0. The van der Waals surface area contributed by atoms with Crippen LogP contribution in [0.2, 0.25) is 0 Å². The van der Waals surface area contributed by atoms with Crippen molar-refractivity contribution >= 4 is 0 Å². The number of nitrogens with zero attached hydrogens (tertiary/aromatic N) is 1. The van der Waals surface area contributed by atoms with Gasteiger partial charge in [-0.05, 0) is 31.4 Å². The lowest BCUT2D eigenvalue weighted by Gasteiger charge is -2.45. The molecule has 0 radical (unpaired) electrons. The van der Waals surface area contributed by atoms with Gasteiger partial charge in [-0.2, -0.15) is 0 Å². The van der Waals surface area contributed by atoms with Crippen molar-refractivity contribution in [2.75, 3.05) is 14.2 Å². The third-order valence-electron chi connectivity index (χ3n) is 4.38. The predicted molar refractivity (Wildman–Crippen MR) is 72.7 cm³/mol. The Morgan fingerprint density at radius 2 is 2.11 bits per heavy atom. The molecule has 1 fully saturated rings. The molecule has 1 heterocycles. The molecule has 1 aromatic rings. The molecule has 4 nitrogen and oxygen atoms in total. The first-order valence-corrected chi connectivity index (χ1v) is 6.77. The van der Waals surface area contributed by atoms with E-state index in [0.717, 1.165) is 18.5 Å². The molecule has 4 heteroatoms. The Balaban J connectivity index is 2.34. The van der Waals surface area contributed by atoms with Crippen molar-refractivity contribution in [3.8, 4) is 0 Å². The minimum atomic E-state index is -0.318. The molecule has 1 N–H and O–H groups in total. The van der Waals surface area contributed by atoms with Crippen molar-refractivity contribution in [3.05, 3.63) is 30.1 Å². The third-order valence-corrected chi connectivity index (χ3v) is 4.38. The fourth-order valence-electron chi connectivity index (χ4n) is 3.18. The Hall–Kier alpha value is -0.970. The average Bonchev–Trinajstić information content (AvgIpc) is 2.45. The fourth-order valence-corrected chi connectivity index (χ4v) is 3.18. The molecule has 1 aromatic heterocycles. The summed E-state index contributed by atoms with van der Waals surface area (Å²) in [6.07, 6.45) is 3.58. The van der Waals surface area contributed by atoms with Crippen molar-refractivity contribution in [1.29, 1.82) is 0 Å². The van der Waals surface area contributed by atoms with Crippen LogP contribution in [0.4, 0.5) is 0 Å². The maximum absolute atomic E-state index is 9.97. The molecular formula is C15H23NO3. The van der Waals surface area contributed by atoms with Gasteiger partial charge in [-0.15, -0.1) is 0 Å². The van der Waals surface area contributed by atoms with Crippen LogP contribution < -0.4 is 0 Å². The molecule has 0 bridgehead atoms. The lowest BCUT2D eigenvalue weighted by molar-refractivity contribution is -0.170. The minimum absolute atomic E-state index is 0.0983. The summed E-state index contributed by atoms with van der Waals surface area (Å²) in [4.78, 5) is 4.51. The predicted octanol–water partition coefficient (Wildman–Crippen LogP) is 2.12. The Kier molecular flexibility index (Phi) is 4.55. The van der Waals surface area contributed by atoms with E-state index in [-0.39, 0.29) is 23.7 Å². The van der Waals surface area contributed by atoms with E-state index in [1.165, 1.54) is 0 Å². The number of pyridine rings is 1. The van der Waals surface area contributed by atoms with Gasteiger partial charge in [0, 0.05) is 37.4 Å². The second kappa shape index (κ2) is 5.99. The van der Waals surface area contributed by atoms with Gasteiger partial charge in [0.05, 0.1) is 6.10 Å². The van der Waals surface area contributed by atoms with Gasteiger partial charge in [0.25, 0.3) is 0 Å². The lowest BCUT2D eigenvalue weighted by Crippen LogP contribution is -2.47. The van der Waals surface area contributed by atoms with Gasteiger partial charge >= 0.3 is 0 Å². The highest BCUT2D eigenvalue weighted by Crippen LogP contribution is 2.45. The first kappa shape index (κ1) is 14.4. The standard InChI is InChI=1S/C15H23NO3/c1-15(13-6-4-5-9-16-13)8-7-11(17)10-12(15)14(18-2)19-3/h4-6,9,11-12,14,17H,7-8,10H2,1-3H3/t11-,12+,15-/m0/s1. The fraction of sp³-hybridized carbons (Fsp3) is 0.667. The van der Waals surface area contributed by atoms with E-state index in [2.05, 4.69) is 11.9 Å². The van der Waals surface area contributed by atoms with Crippen molar-refractivity contribution in [1.82, 2.24) is 4.98 Å². The maximum atomic E-state index is 9.97. The Morgan fingerprint density at radius 1 is 1.37 bits per heavy atom. The van der Waals surface area contributed by atoms with Gasteiger partial charge in [0.1, 0.15) is 0 Å². The monoisotopic (exact) mass is 265 g/mol. The van der Waals surface area contributed by atoms with Crippen molar-refractivity contribution in [3.63, 3.8) is 0 Å². The second-order valence-electron chi connectivity index (χ2n) is 5.51. The van der Waals surface area contributed by atoms with E-state index < -0.39 is 0 Å². The Labute approximate surface area is 114 Å². The largest absolute Gasteiger partial charge is 0.393 e. The van der Waals surface area contributed by atoms with Crippen molar-refractivity contribution in [2.24, 2.45) is 5.92 Å². The van der Waals surface area contributed by atoms with Crippen molar-refractivity contribution in [2.45, 2.75) is 44.0 Å². The molecule has 0 saturated heterocycles.